The minimum Gasteiger partial charge on any atom is -0.331 e. The van der Waals surface area contributed by atoms with Crippen LogP contribution in [-0.2, 0) is 21.4 Å². The molecule has 0 radical (unpaired) electrons. The number of aryl methyl sites for hydroxylation is 1. The second kappa shape index (κ2) is 8.17. The Balaban J connectivity index is 2.08. The molecule has 11 heteroatoms. The lowest BCUT2D eigenvalue weighted by atomic mass is 9.93. The molecule has 3 N–H and O–H groups in total. The number of ketones is 1. The molecule has 0 saturated carbocycles. The first kappa shape index (κ1) is 22.2. The Morgan fingerprint density at radius 1 is 1.21 bits per heavy atom. The van der Waals surface area contributed by atoms with Crippen molar-refractivity contribution in [1.29, 1.82) is 0 Å². The predicted octanol–water partition coefficient (Wildman–Crippen LogP) is 0.976. The molecule has 1 aromatic carbocycles. The van der Waals surface area contributed by atoms with E-state index in [0.717, 1.165) is 11.8 Å². The number of aromatic amines is 2. The molecule has 0 fully saturated rings. The van der Waals surface area contributed by atoms with Crippen molar-refractivity contribution in [1.82, 2.24) is 19.3 Å². The first-order chi connectivity index (χ1) is 15.5. The Labute approximate surface area is 187 Å². The van der Waals surface area contributed by atoms with Gasteiger partial charge in [0.2, 0.25) is 10.0 Å². The Bertz CT molecular complexity index is 1600. The molecule has 0 aliphatic heterocycles. The molecule has 4 rings (SSSR count). The average Bonchev–Trinajstić information content (AvgIpc) is 3.02. The maximum absolute atomic E-state index is 13.2. The number of fused-ring (bicyclic) bond motifs is 1. The number of nitrogens with zero attached hydrogens (tertiary/aromatic N) is 1. The third-order valence-corrected chi connectivity index (χ3v) is 5.76. The molecule has 2 aromatic heterocycles. The lowest BCUT2D eigenvalue weighted by molar-refractivity contribution is -0.113. The second-order valence-corrected chi connectivity index (χ2v) is 9.52. The van der Waals surface area contributed by atoms with Crippen LogP contribution in [0.1, 0.15) is 33.6 Å². The maximum atomic E-state index is 13.2. The molecule has 170 valence electrons. The van der Waals surface area contributed by atoms with Crippen molar-refractivity contribution < 1.29 is 18.0 Å². The van der Waals surface area contributed by atoms with Gasteiger partial charge < -0.3 is 9.55 Å². The summed E-state index contributed by atoms with van der Waals surface area (Å²) in [4.78, 5) is 54.3. The van der Waals surface area contributed by atoms with E-state index in [2.05, 4.69) is 9.97 Å². The van der Waals surface area contributed by atoms with Gasteiger partial charge in [0.15, 0.2) is 5.78 Å². The molecule has 33 heavy (non-hydrogen) atoms. The van der Waals surface area contributed by atoms with E-state index >= 15 is 0 Å². The minimum absolute atomic E-state index is 0.0819. The van der Waals surface area contributed by atoms with Gasteiger partial charge in [-0.15, -0.1) is 0 Å². The van der Waals surface area contributed by atoms with Crippen LogP contribution < -0.4 is 16.0 Å². The van der Waals surface area contributed by atoms with Crippen LogP contribution in [0.2, 0.25) is 0 Å². The molecule has 1 aliphatic rings. The van der Waals surface area contributed by atoms with E-state index in [-0.39, 0.29) is 41.1 Å². The fraction of sp³-hybridized carbons (Fsp3) is 0.182. The van der Waals surface area contributed by atoms with Crippen LogP contribution in [0.4, 0.5) is 0 Å². The number of carbonyl (C=O) groups is 2. The summed E-state index contributed by atoms with van der Waals surface area (Å²) >= 11 is 0. The standard InChI is InChI=1S/C22H20N4O6S/c1-12-7-8-16-15(9-12)18(14-5-3-4-6-17(14)27)19(21(29)25-33(2,31)32)26(16)11-13-10-23-22(30)24-20(13)28/h3-5,7-10H,6,11H2,1-2H3,(H,25,29)(H2,23,24,28,30). The quantitative estimate of drug-likeness (QED) is 0.508. The molecule has 0 spiro atoms. The van der Waals surface area contributed by atoms with Gasteiger partial charge >= 0.3 is 5.69 Å². The number of rotatable bonds is 5. The maximum Gasteiger partial charge on any atom is 0.325 e. The zero-order chi connectivity index (χ0) is 23.9. The number of benzene rings is 1. The topological polar surface area (TPSA) is 151 Å². The zero-order valence-electron chi connectivity index (χ0n) is 17.8. The van der Waals surface area contributed by atoms with Crippen LogP contribution in [0, 0.1) is 6.92 Å². The van der Waals surface area contributed by atoms with E-state index in [0.29, 0.717) is 10.9 Å². The third-order valence-electron chi connectivity index (χ3n) is 5.21. The summed E-state index contributed by atoms with van der Waals surface area (Å²) in [7, 11) is -3.93. The normalized spacial score (nSPS) is 13.9. The summed E-state index contributed by atoms with van der Waals surface area (Å²) in [6.07, 6.45) is 7.18. The van der Waals surface area contributed by atoms with Gasteiger partial charge in [-0.3, -0.25) is 19.4 Å². The Hall–Kier alpha value is -3.99. The lowest BCUT2D eigenvalue weighted by Gasteiger charge is -2.13. The highest BCUT2D eigenvalue weighted by atomic mass is 32.2. The van der Waals surface area contributed by atoms with Gasteiger partial charge in [0.05, 0.1) is 18.4 Å². The van der Waals surface area contributed by atoms with Crippen molar-refractivity contribution in [3.8, 4) is 0 Å². The van der Waals surface area contributed by atoms with Crippen LogP contribution in [0.25, 0.3) is 16.5 Å². The van der Waals surface area contributed by atoms with E-state index < -0.39 is 27.2 Å². The first-order valence-electron chi connectivity index (χ1n) is 9.91. The number of carbonyl (C=O) groups excluding carboxylic acids is 2. The van der Waals surface area contributed by atoms with Gasteiger partial charge in [0, 0.05) is 34.7 Å². The molecule has 10 nitrogen and oxygen atoms in total. The van der Waals surface area contributed by atoms with Crippen LogP contribution >= 0.6 is 0 Å². The Morgan fingerprint density at radius 2 is 1.97 bits per heavy atom. The van der Waals surface area contributed by atoms with Gasteiger partial charge in [0.25, 0.3) is 11.5 Å². The molecule has 1 aliphatic carbocycles. The number of sulfonamides is 1. The van der Waals surface area contributed by atoms with E-state index in [9.17, 15) is 27.6 Å². The second-order valence-electron chi connectivity index (χ2n) is 7.77. The van der Waals surface area contributed by atoms with Crippen LogP contribution in [-0.4, -0.2) is 40.9 Å². The molecule has 0 saturated heterocycles. The number of nitrogens with one attached hydrogen (secondary N) is 3. The van der Waals surface area contributed by atoms with Gasteiger partial charge in [-0.05, 0) is 19.1 Å². The fourth-order valence-electron chi connectivity index (χ4n) is 3.85. The van der Waals surface area contributed by atoms with Crippen molar-refractivity contribution in [3.05, 3.63) is 85.8 Å². The van der Waals surface area contributed by atoms with Crippen LogP contribution in [0.5, 0.6) is 0 Å². The van der Waals surface area contributed by atoms with Crippen molar-refractivity contribution in [2.24, 2.45) is 0 Å². The number of hydrogen-bond donors (Lipinski definition) is 3. The highest BCUT2D eigenvalue weighted by Gasteiger charge is 2.29. The van der Waals surface area contributed by atoms with Gasteiger partial charge in [0.1, 0.15) is 5.69 Å². The Kier molecular flexibility index (Phi) is 5.50. The van der Waals surface area contributed by atoms with E-state index in [1.54, 1.807) is 36.4 Å². The summed E-state index contributed by atoms with van der Waals surface area (Å²) in [5, 5.41) is 0.560. The summed E-state index contributed by atoms with van der Waals surface area (Å²) < 4.78 is 27.2. The highest BCUT2D eigenvalue weighted by molar-refractivity contribution is 7.89. The number of allylic oxidation sites excluding steroid dienone is 4. The summed E-state index contributed by atoms with van der Waals surface area (Å²) in [5.41, 5.74) is 0.639. The van der Waals surface area contributed by atoms with Crippen molar-refractivity contribution in [2.75, 3.05) is 6.26 Å². The molecular weight excluding hydrogens is 448 g/mol. The molecule has 3 aromatic rings. The van der Waals surface area contributed by atoms with Gasteiger partial charge in [-0.1, -0.05) is 29.9 Å². The van der Waals surface area contributed by atoms with E-state index in [4.69, 9.17) is 0 Å². The van der Waals surface area contributed by atoms with Crippen LogP contribution in [0.3, 0.4) is 0 Å². The number of H-pyrrole nitrogens is 2. The molecular formula is C22H20N4O6S. The molecule has 0 atom stereocenters. The van der Waals surface area contributed by atoms with Gasteiger partial charge in [-0.25, -0.2) is 17.9 Å². The Morgan fingerprint density at radius 3 is 2.64 bits per heavy atom. The summed E-state index contributed by atoms with van der Waals surface area (Å²) in [5.74, 6) is -1.17. The molecule has 1 amide bonds. The van der Waals surface area contributed by atoms with Crippen molar-refractivity contribution in [3.63, 3.8) is 0 Å². The van der Waals surface area contributed by atoms with Crippen molar-refractivity contribution >= 4 is 38.2 Å². The average molecular weight is 468 g/mol. The SMILES string of the molecule is Cc1ccc2c(c1)c(C1=CC=CCC1=O)c(C(=O)NS(C)(=O)=O)n2Cc1c[nH]c(=O)[nH]c1=O. The lowest BCUT2D eigenvalue weighted by Crippen LogP contribution is -2.33. The molecule has 2 heterocycles. The number of Topliss-reactive ketones (excluding diaryl/α,β-unsaturated/α-hetero) is 1. The van der Waals surface area contributed by atoms with Gasteiger partial charge in [-0.2, -0.15) is 0 Å². The predicted molar refractivity (Wildman–Crippen MR) is 123 cm³/mol. The van der Waals surface area contributed by atoms with Crippen molar-refractivity contribution in [2.45, 2.75) is 19.9 Å². The number of aromatic nitrogens is 3. The largest absolute Gasteiger partial charge is 0.331 e. The van der Waals surface area contributed by atoms with E-state index in [1.165, 1.54) is 10.8 Å². The first-order valence-corrected chi connectivity index (χ1v) is 11.8. The minimum atomic E-state index is -3.93. The zero-order valence-corrected chi connectivity index (χ0v) is 18.6. The highest BCUT2D eigenvalue weighted by Crippen LogP contribution is 2.35. The van der Waals surface area contributed by atoms with Crippen LogP contribution in [0.15, 0.2) is 52.2 Å². The number of hydrogen-bond acceptors (Lipinski definition) is 6. The smallest absolute Gasteiger partial charge is 0.325 e. The third kappa shape index (κ3) is 4.35. The monoisotopic (exact) mass is 468 g/mol. The molecule has 0 unspecified atom stereocenters. The molecule has 0 bridgehead atoms. The summed E-state index contributed by atoms with van der Waals surface area (Å²) in [6.45, 7) is 1.69. The van der Waals surface area contributed by atoms with E-state index in [1.807, 2.05) is 11.6 Å². The number of amides is 1. The summed E-state index contributed by atoms with van der Waals surface area (Å²) in [6, 6.07) is 5.33. The fourth-order valence-corrected chi connectivity index (χ4v) is 4.28.